The number of nitrogens with zero attached hydrogens (tertiary/aromatic N) is 4. The maximum absolute atomic E-state index is 12.7. The fourth-order valence-electron chi connectivity index (χ4n) is 2.85. The van der Waals surface area contributed by atoms with Gasteiger partial charge in [-0.25, -0.2) is 0 Å². The van der Waals surface area contributed by atoms with Crippen LogP contribution in [0.25, 0.3) is 11.4 Å². The molecule has 2 aromatic rings. The Morgan fingerprint density at radius 3 is 2.38 bits per heavy atom. The van der Waals surface area contributed by atoms with Gasteiger partial charge < -0.3 is 9.47 Å². The van der Waals surface area contributed by atoms with Crippen molar-refractivity contribution in [3.8, 4) is 11.4 Å². The lowest BCUT2D eigenvalue weighted by molar-refractivity contribution is -0.129. The second kappa shape index (κ2) is 9.21. The van der Waals surface area contributed by atoms with Gasteiger partial charge in [0.25, 0.3) is 0 Å². The molecule has 0 aliphatic rings. The zero-order chi connectivity index (χ0) is 19.3. The number of thioether (sulfide) groups is 1. The molecule has 142 valence electrons. The lowest BCUT2D eigenvalue weighted by atomic mass is 10.1. The van der Waals surface area contributed by atoms with Crippen molar-refractivity contribution in [3.63, 3.8) is 0 Å². The quantitative estimate of drug-likeness (QED) is 0.655. The van der Waals surface area contributed by atoms with E-state index in [1.54, 1.807) is 0 Å². The van der Waals surface area contributed by atoms with Gasteiger partial charge in [0.05, 0.1) is 5.75 Å². The highest BCUT2D eigenvalue weighted by Gasteiger charge is 2.18. The Morgan fingerprint density at radius 2 is 1.81 bits per heavy atom. The highest BCUT2D eigenvalue weighted by molar-refractivity contribution is 7.99. The third kappa shape index (κ3) is 5.59. The minimum atomic E-state index is 0.164. The first kappa shape index (κ1) is 20.5. The van der Waals surface area contributed by atoms with Crippen LogP contribution in [0.15, 0.2) is 29.4 Å². The largest absolute Gasteiger partial charge is 0.341 e. The van der Waals surface area contributed by atoms with Gasteiger partial charge in [-0.3, -0.25) is 4.79 Å². The van der Waals surface area contributed by atoms with E-state index in [0.717, 1.165) is 29.6 Å². The molecule has 6 heteroatoms. The molecule has 5 nitrogen and oxygen atoms in total. The van der Waals surface area contributed by atoms with Gasteiger partial charge in [-0.1, -0.05) is 63.2 Å². The van der Waals surface area contributed by atoms with Gasteiger partial charge in [-0.2, -0.15) is 0 Å². The maximum Gasteiger partial charge on any atom is 0.233 e. The maximum atomic E-state index is 12.7. The Kier molecular flexibility index (Phi) is 7.26. The predicted octanol–water partition coefficient (Wildman–Crippen LogP) is 4.02. The van der Waals surface area contributed by atoms with Gasteiger partial charge in [0.15, 0.2) is 11.0 Å². The number of hydrogen-bond donors (Lipinski definition) is 0. The monoisotopic (exact) mass is 374 g/mol. The molecule has 0 aliphatic heterocycles. The molecule has 1 heterocycles. The van der Waals surface area contributed by atoms with Crippen molar-refractivity contribution in [3.05, 3.63) is 29.8 Å². The van der Waals surface area contributed by atoms with Crippen LogP contribution >= 0.6 is 11.8 Å². The SMILES string of the molecule is Cc1cccc(-c2nnc(SCC(=O)N(CC(C)C)CC(C)C)n2C)c1. The molecular weight excluding hydrogens is 344 g/mol. The smallest absolute Gasteiger partial charge is 0.233 e. The normalized spacial score (nSPS) is 11.4. The topological polar surface area (TPSA) is 51.0 Å². The molecule has 0 saturated carbocycles. The number of rotatable bonds is 8. The van der Waals surface area contributed by atoms with E-state index in [-0.39, 0.29) is 5.91 Å². The van der Waals surface area contributed by atoms with Crippen molar-refractivity contribution in [2.45, 2.75) is 39.8 Å². The van der Waals surface area contributed by atoms with Crippen LogP contribution in [0.2, 0.25) is 0 Å². The van der Waals surface area contributed by atoms with Crippen molar-refractivity contribution in [2.75, 3.05) is 18.8 Å². The molecule has 0 bridgehead atoms. The van der Waals surface area contributed by atoms with E-state index in [1.807, 2.05) is 28.6 Å². The molecule has 1 amide bonds. The van der Waals surface area contributed by atoms with Crippen molar-refractivity contribution >= 4 is 17.7 Å². The van der Waals surface area contributed by atoms with Crippen LogP contribution in [-0.2, 0) is 11.8 Å². The number of amides is 1. The summed E-state index contributed by atoms with van der Waals surface area (Å²) in [6, 6.07) is 8.21. The number of benzene rings is 1. The third-order valence-electron chi connectivity index (χ3n) is 3.96. The average Bonchev–Trinajstić information content (AvgIpc) is 2.92. The van der Waals surface area contributed by atoms with Crippen LogP contribution in [0.5, 0.6) is 0 Å². The van der Waals surface area contributed by atoms with Gasteiger partial charge >= 0.3 is 0 Å². The molecule has 26 heavy (non-hydrogen) atoms. The van der Waals surface area contributed by atoms with Crippen LogP contribution in [0.3, 0.4) is 0 Å². The number of aromatic nitrogens is 3. The Labute approximate surface area is 161 Å². The zero-order valence-electron chi connectivity index (χ0n) is 16.7. The molecule has 0 atom stereocenters. The summed E-state index contributed by atoms with van der Waals surface area (Å²) in [4.78, 5) is 14.6. The summed E-state index contributed by atoms with van der Waals surface area (Å²) in [6.07, 6.45) is 0. The highest BCUT2D eigenvalue weighted by atomic mass is 32.2. The number of carbonyl (C=O) groups excluding carboxylic acids is 1. The van der Waals surface area contributed by atoms with Gasteiger partial charge in [-0.15, -0.1) is 10.2 Å². The van der Waals surface area contributed by atoms with Crippen molar-refractivity contribution < 1.29 is 4.79 Å². The summed E-state index contributed by atoms with van der Waals surface area (Å²) >= 11 is 1.46. The average molecular weight is 375 g/mol. The van der Waals surface area contributed by atoms with Crippen LogP contribution in [0, 0.1) is 18.8 Å². The third-order valence-corrected chi connectivity index (χ3v) is 4.96. The summed E-state index contributed by atoms with van der Waals surface area (Å²) in [7, 11) is 1.95. The van der Waals surface area contributed by atoms with E-state index >= 15 is 0 Å². The van der Waals surface area contributed by atoms with Gasteiger partial charge in [0, 0.05) is 25.7 Å². The summed E-state index contributed by atoms with van der Waals surface area (Å²) < 4.78 is 1.96. The van der Waals surface area contributed by atoms with E-state index in [4.69, 9.17) is 0 Å². The summed E-state index contributed by atoms with van der Waals surface area (Å²) in [6.45, 7) is 12.2. The molecule has 0 N–H and O–H groups in total. The Hall–Kier alpha value is -1.82. The Bertz CT molecular complexity index is 729. The van der Waals surface area contributed by atoms with Gasteiger partial charge in [0.1, 0.15) is 0 Å². The first-order valence-electron chi connectivity index (χ1n) is 9.15. The van der Waals surface area contributed by atoms with Crippen LogP contribution in [0.4, 0.5) is 0 Å². The molecule has 0 saturated heterocycles. The molecule has 0 radical (unpaired) electrons. The van der Waals surface area contributed by atoms with E-state index < -0.39 is 0 Å². The predicted molar refractivity (Wildman–Crippen MR) is 108 cm³/mol. The second-order valence-electron chi connectivity index (χ2n) is 7.61. The fraction of sp³-hybridized carbons (Fsp3) is 0.550. The van der Waals surface area contributed by atoms with E-state index in [9.17, 15) is 4.79 Å². The van der Waals surface area contributed by atoms with Gasteiger partial charge in [0.2, 0.25) is 5.91 Å². The molecule has 1 aromatic carbocycles. The molecule has 1 aromatic heterocycles. The number of hydrogen-bond acceptors (Lipinski definition) is 4. The first-order chi connectivity index (χ1) is 12.3. The first-order valence-corrected chi connectivity index (χ1v) is 10.1. The second-order valence-corrected chi connectivity index (χ2v) is 8.55. The fourth-order valence-corrected chi connectivity index (χ4v) is 3.67. The number of carbonyl (C=O) groups is 1. The lowest BCUT2D eigenvalue weighted by Crippen LogP contribution is -2.38. The van der Waals surface area contributed by atoms with Crippen LogP contribution in [0.1, 0.15) is 33.3 Å². The van der Waals surface area contributed by atoms with Crippen LogP contribution < -0.4 is 0 Å². The zero-order valence-corrected chi connectivity index (χ0v) is 17.5. The molecule has 0 spiro atoms. The minimum absolute atomic E-state index is 0.164. The van der Waals surface area contributed by atoms with Crippen molar-refractivity contribution in [2.24, 2.45) is 18.9 Å². The lowest BCUT2D eigenvalue weighted by Gasteiger charge is -2.26. The Morgan fingerprint density at radius 1 is 1.15 bits per heavy atom. The van der Waals surface area contributed by atoms with E-state index in [1.165, 1.54) is 17.3 Å². The molecular formula is C20H30N4OS. The minimum Gasteiger partial charge on any atom is -0.341 e. The standard InChI is InChI=1S/C20H30N4OS/c1-14(2)11-24(12-15(3)4)18(25)13-26-20-22-21-19(23(20)6)17-9-7-8-16(5)10-17/h7-10,14-15H,11-13H2,1-6H3. The molecule has 0 fully saturated rings. The number of aryl methyl sites for hydroxylation is 1. The summed E-state index contributed by atoms with van der Waals surface area (Å²) in [5, 5.41) is 9.36. The van der Waals surface area contributed by atoms with E-state index in [0.29, 0.717) is 17.6 Å². The van der Waals surface area contributed by atoms with Crippen LogP contribution in [-0.4, -0.2) is 44.4 Å². The van der Waals surface area contributed by atoms with E-state index in [2.05, 4.69) is 56.9 Å². The Balaban J connectivity index is 2.06. The van der Waals surface area contributed by atoms with Crippen molar-refractivity contribution in [1.29, 1.82) is 0 Å². The molecule has 2 rings (SSSR count). The highest BCUT2D eigenvalue weighted by Crippen LogP contribution is 2.23. The van der Waals surface area contributed by atoms with Gasteiger partial charge in [-0.05, 0) is 24.8 Å². The molecule has 0 unspecified atom stereocenters. The summed E-state index contributed by atoms with van der Waals surface area (Å²) in [5.41, 5.74) is 2.23. The summed E-state index contributed by atoms with van der Waals surface area (Å²) in [5.74, 6) is 2.30. The van der Waals surface area contributed by atoms with Crippen molar-refractivity contribution in [1.82, 2.24) is 19.7 Å². The molecule has 0 aliphatic carbocycles.